The molecule has 1 saturated carbocycles. The summed E-state index contributed by atoms with van der Waals surface area (Å²) in [6, 6.07) is 15.6. The normalized spacial score (nSPS) is 30.2. The Hall–Kier alpha value is -2.51. The Labute approximate surface area is 182 Å². The molecule has 2 heterocycles. The van der Waals surface area contributed by atoms with Crippen molar-refractivity contribution in [2.45, 2.75) is 48.0 Å². The van der Waals surface area contributed by atoms with Gasteiger partial charge in [0.25, 0.3) is 0 Å². The molecular weight excluding hydrogens is 414 g/mol. The Bertz CT molecular complexity index is 1130. The molecule has 0 bridgehead atoms. The van der Waals surface area contributed by atoms with Crippen LogP contribution in [0.4, 0.5) is 0 Å². The highest BCUT2D eigenvalue weighted by Gasteiger charge is 2.57. The molecule has 0 spiro atoms. The first kappa shape index (κ1) is 20.4. The van der Waals surface area contributed by atoms with E-state index in [1.165, 1.54) is 7.11 Å². The highest BCUT2D eigenvalue weighted by atomic mass is 32.2. The van der Waals surface area contributed by atoms with Crippen LogP contribution in [0.2, 0.25) is 0 Å². The van der Waals surface area contributed by atoms with Crippen molar-refractivity contribution in [1.82, 2.24) is 4.90 Å². The average molecular weight is 440 g/mol. The van der Waals surface area contributed by atoms with Crippen molar-refractivity contribution in [1.29, 1.82) is 0 Å². The number of hydrogen-bond acceptors (Lipinski definition) is 6. The molecule has 0 N–H and O–H groups in total. The number of hydrogen-bond donors (Lipinski definition) is 0. The van der Waals surface area contributed by atoms with Crippen molar-refractivity contribution in [3.63, 3.8) is 0 Å². The van der Waals surface area contributed by atoms with E-state index in [-0.39, 0.29) is 41.6 Å². The van der Waals surface area contributed by atoms with E-state index in [2.05, 4.69) is 4.90 Å². The molecule has 2 fully saturated rings. The number of carbonyl (C=O) groups excluding carboxylic acids is 2. The molecule has 1 aliphatic carbocycles. The standard InChI is InChI=1S/C24H25NO5S/c1-30-24(27)18-11-12-20(26)19-13-21(31(28,29)16-8-3-2-4-9-16)23-17-10-6-5-7-15(17)14-25(23)22(18)19/h2-10,18-19,21-23H,11-14H2,1H3/t18?,19-,21-,22+,23-/m1/s1. The molecule has 0 amide bonds. The van der Waals surface area contributed by atoms with Crippen molar-refractivity contribution in [2.75, 3.05) is 7.11 Å². The van der Waals surface area contributed by atoms with Crippen LogP contribution in [0.3, 0.4) is 0 Å². The number of fused-ring (bicyclic) bond motifs is 5. The van der Waals surface area contributed by atoms with Crippen LogP contribution in [0, 0.1) is 11.8 Å². The van der Waals surface area contributed by atoms with E-state index >= 15 is 0 Å². The predicted molar refractivity (Wildman–Crippen MR) is 114 cm³/mol. The fourth-order valence-corrected chi connectivity index (χ4v) is 7.86. The summed E-state index contributed by atoms with van der Waals surface area (Å²) in [5, 5.41) is -0.750. The summed E-state index contributed by atoms with van der Waals surface area (Å²) in [6.45, 7) is 0.531. The van der Waals surface area contributed by atoms with Crippen molar-refractivity contribution in [3.8, 4) is 0 Å². The lowest BCUT2D eigenvalue weighted by Gasteiger charge is -2.50. The van der Waals surface area contributed by atoms with Crippen LogP contribution in [-0.4, -0.2) is 43.5 Å². The van der Waals surface area contributed by atoms with E-state index in [9.17, 15) is 18.0 Å². The predicted octanol–water partition coefficient (Wildman–Crippen LogP) is 2.93. The second-order valence-electron chi connectivity index (χ2n) is 8.68. The van der Waals surface area contributed by atoms with Crippen molar-refractivity contribution in [2.24, 2.45) is 11.8 Å². The van der Waals surface area contributed by atoms with Crippen LogP contribution in [0.5, 0.6) is 0 Å². The maximum absolute atomic E-state index is 13.8. The van der Waals surface area contributed by atoms with Gasteiger partial charge in [-0.15, -0.1) is 0 Å². The van der Waals surface area contributed by atoms with E-state index in [1.54, 1.807) is 30.3 Å². The lowest BCUT2D eigenvalue weighted by atomic mass is 9.70. The van der Waals surface area contributed by atoms with Gasteiger partial charge in [-0.2, -0.15) is 0 Å². The Morgan fingerprint density at radius 1 is 1.06 bits per heavy atom. The molecular formula is C24H25NO5S. The molecule has 162 valence electrons. The Balaban J connectivity index is 1.65. The number of nitrogens with zero attached hydrogens (tertiary/aromatic N) is 1. The lowest BCUT2D eigenvalue weighted by Crippen LogP contribution is -2.59. The van der Waals surface area contributed by atoms with E-state index in [4.69, 9.17) is 4.74 Å². The van der Waals surface area contributed by atoms with Crippen LogP contribution in [0.1, 0.15) is 36.4 Å². The second-order valence-corrected chi connectivity index (χ2v) is 10.8. The summed E-state index contributed by atoms with van der Waals surface area (Å²) in [7, 11) is -2.32. The Kier molecular flexibility index (Phi) is 4.98. The van der Waals surface area contributed by atoms with Crippen LogP contribution in [0.25, 0.3) is 0 Å². The summed E-state index contributed by atoms with van der Waals surface area (Å²) in [4.78, 5) is 28.0. The third kappa shape index (κ3) is 3.13. The monoisotopic (exact) mass is 439 g/mol. The van der Waals surface area contributed by atoms with E-state index in [0.717, 1.165) is 11.1 Å². The van der Waals surface area contributed by atoms with Crippen molar-refractivity contribution in [3.05, 3.63) is 65.7 Å². The molecule has 7 heteroatoms. The zero-order valence-corrected chi connectivity index (χ0v) is 18.1. The fraction of sp³-hybridized carbons (Fsp3) is 0.417. The van der Waals surface area contributed by atoms with Crippen LogP contribution >= 0.6 is 0 Å². The fourth-order valence-electron chi connectivity index (χ4n) is 5.87. The number of Topliss-reactive ketones (excluding diaryl/α,β-unsaturated/α-hetero) is 1. The number of carbonyl (C=O) groups is 2. The van der Waals surface area contributed by atoms with Crippen molar-refractivity contribution >= 4 is 21.6 Å². The highest BCUT2D eigenvalue weighted by Crippen LogP contribution is 2.52. The van der Waals surface area contributed by atoms with Crippen LogP contribution < -0.4 is 0 Å². The Morgan fingerprint density at radius 3 is 2.52 bits per heavy atom. The Morgan fingerprint density at radius 2 is 1.77 bits per heavy atom. The molecule has 2 aromatic carbocycles. The van der Waals surface area contributed by atoms with Gasteiger partial charge in [0.1, 0.15) is 5.78 Å². The van der Waals surface area contributed by atoms with E-state index in [0.29, 0.717) is 13.0 Å². The molecule has 5 atom stereocenters. The van der Waals surface area contributed by atoms with E-state index in [1.807, 2.05) is 24.3 Å². The minimum atomic E-state index is -3.69. The minimum Gasteiger partial charge on any atom is -0.469 e. The van der Waals surface area contributed by atoms with Gasteiger partial charge >= 0.3 is 5.97 Å². The number of benzene rings is 2. The first-order valence-electron chi connectivity index (χ1n) is 10.7. The molecule has 1 unspecified atom stereocenters. The zero-order chi connectivity index (χ0) is 21.8. The maximum atomic E-state index is 13.8. The van der Waals surface area contributed by atoms with Crippen molar-refractivity contribution < 1.29 is 22.7 Å². The maximum Gasteiger partial charge on any atom is 0.310 e. The molecule has 3 aliphatic rings. The summed E-state index contributed by atoms with van der Waals surface area (Å²) in [5.74, 6) is -1.19. The van der Waals surface area contributed by atoms with Gasteiger partial charge in [0.15, 0.2) is 9.84 Å². The zero-order valence-electron chi connectivity index (χ0n) is 17.3. The van der Waals surface area contributed by atoms with Gasteiger partial charge in [0.05, 0.1) is 29.2 Å². The first-order chi connectivity index (χ1) is 14.9. The number of methoxy groups -OCH3 is 1. The van der Waals surface area contributed by atoms with Gasteiger partial charge in [-0.05, 0) is 36.1 Å². The molecule has 2 aliphatic heterocycles. The molecule has 0 radical (unpaired) electrons. The number of piperidine rings is 1. The van der Waals surface area contributed by atoms with Gasteiger partial charge in [-0.1, -0.05) is 42.5 Å². The van der Waals surface area contributed by atoms with E-state index < -0.39 is 26.9 Å². The molecule has 31 heavy (non-hydrogen) atoms. The van der Waals surface area contributed by atoms with Gasteiger partial charge < -0.3 is 4.74 Å². The summed E-state index contributed by atoms with van der Waals surface area (Å²) >= 11 is 0. The second kappa shape index (κ2) is 7.57. The van der Waals surface area contributed by atoms with Crippen LogP contribution in [-0.2, 0) is 30.7 Å². The minimum absolute atomic E-state index is 0.0489. The molecule has 2 aromatic rings. The molecule has 5 rings (SSSR count). The largest absolute Gasteiger partial charge is 0.469 e. The number of esters is 1. The van der Waals surface area contributed by atoms with Gasteiger partial charge in [0, 0.05) is 24.9 Å². The van der Waals surface area contributed by atoms with Gasteiger partial charge in [0.2, 0.25) is 0 Å². The molecule has 0 aromatic heterocycles. The number of ether oxygens (including phenoxy) is 1. The first-order valence-corrected chi connectivity index (χ1v) is 12.2. The summed E-state index contributed by atoms with van der Waals surface area (Å²) in [6.07, 6.45) is 0.955. The number of sulfone groups is 1. The summed E-state index contributed by atoms with van der Waals surface area (Å²) < 4.78 is 32.6. The molecule has 1 saturated heterocycles. The SMILES string of the molecule is COC(=O)C1CCC(=O)[C@H]2C[C@@H](S(=O)(=O)c3ccccc3)[C@H]3c4ccccc4CN3[C@@H]12. The van der Waals surface area contributed by atoms with Gasteiger partial charge in [-0.3, -0.25) is 14.5 Å². The summed E-state index contributed by atoms with van der Waals surface area (Å²) in [5.41, 5.74) is 2.04. The topological polar surface area (TPSA) is 80.8 Å². The van der Waals surface area contributed by atoms with Gasteiger partial charge in [-0.25, -0.2) is 8.42 Å². The smallest absolute Gasteiger partial charge is 0.310 e. The third-order valence-electron chi connectivity index (χ3n) is 7.22. The lowest BCUT2D eigenvalue weighted by molar-refractivity contribution is -0.155. The third-order valence-corrected chi connectivity index (χ3v) is 9.40. The average Bonchev–Trinajstić information content (AvgIpc) is 3.18. The van der Waals surface area contributed by atoms with Crippen LogP contribution in [0.15, 0.2) is 59.5 Å². The highest BCUT2D eigenvalue weighted by molar-refractivity contribution is 7.92. The quantitative estimate of drug-likeness (QED) is 0.684. The number of ketones is 1. The molecule has 6 nitrogen and oxygen atoms in total. The number of rotatable bonds is 3.